The molecular formula is C12H12. The van der Waals surface area contributed by atoms with Gasteiger partial charge in [-0.05, 0) is 13.3 Å². The molecule has 1 saturated carbocycles. The molecule has 3 aliphatic carbocycles. The summed E-state index contributed by atoms with van der Waals surface area (Å²) in [7, 11) is 0. The van der Waals surface area contributed by atoms with Gasteiger partial charge in [0.25, 0.3) is 0 Å². The second-order valence-corrected chi connectivity index (χ2v) is 4.20. The van der Waals surface area contributed by atoms with Gasteiger partial charge >= 0.3 is 0 Å². The maximum atomic E-state index is 2.41. The van der Waals surface area contributed by atoms with Crippen LogP contribution in [0, 0.1) is 10.8 Å². The first kappa shape index (κ1) is 6.47. The predicted octanol–water partition coefficient (Wildman–Crippen LogP) is 3.01. The van der Waals surface area contributed by atoms with E-state index in [1.807, 2.05) is 0 Å². The molecule has 0 aromatic heterocycles. The summed E-state index contributed by atoms with van der Waals surface area (Å²) in [6, 6.07) is 0. The molecule has 0 heterocycles. The molecule has 0 nitrogen and oxygen atoms in total. The highest BCUT2D eigenvalue weighted by Crippen LogP contribution is 2.70. The van der Waals surface area contributed by atoms with Crippen molar-refractivity contribution in [1.82, 2.24) is 0 Å². The SMILES string of the molecule is CC1=CC23C=CC=CC2(C=C1)C3. The first-order valence-corrected chi connectivity index (χ1v) is 4.52. The smallest absolute Gasteiger partial charge is 0.0208 e. The highest BCUT2D eigenvalue weighted by Gasteiger charge is 2.62. The van der Waals surface area contributed by atoms with Crippen LogP contribution in [0.5, 0.6) is 0 Å². The van der Waals surface area contributed by atoms with Crippen molar-refractivity contribution in [2.24, 2.45) is 10.8 Å². The van der Waals surface area contributed by atoms with Crippen molar-refractivity contribution in [3.05, 3.63) is 48.1 Å². The van der Waals surface area contributed by atoms with Crippen LogP contribution in [-0.2, 0) is 0 Å². The van der Waals surface area contributed by atoms with E-state index in [2.05, 4.69) is 49.5 Å². The highest BCUT2D eigenvalue weighted by molar-refractivity contribution is 5.51. The maximum absolute atomic E-state index is 2.41. The fraction of sp³-hybridized carbons (Fsp3) is 0.333. The normalized spacial score (nSPS) is 46.6. The van der Waals surface area contributed by atoms with E-state index >= 15 is 0 Å². The summed E-state index contributed by atoms with van der Waals surface area (Å²) in [4.78, 5) is 0. The molecule has 0 heteroatoms. The molecule has 0 saturated heterocycles. The van der Waals surface area contributed by atoms with Crippen molar-refractivity contribution in [2.75, 3.05) is 0 Å². The first-order chi connectivity index (χ1) is 5.77. The molecule has 0 bridgehead atoms. The Morgan fingerprint density at radius 3 is 2.67 bits per heavy atom. The fourth-order valence-corrected chi connectivity index (χ4v) is 2.56. The quantitative estimate of drug-likeness (QED) is 0.505. The molecule has 0 N–H and O–H groups in total. The minimum Gasteiger partial charge on any atom is -0.0733 e. The lowest BCUT2D eigenvalue weighted by atomic mass is 9.83. The minimum atomic E-state index is 0.376. The molecule has 60 valence electrons. The van der Waals surface area contributed by atoms with E-state index in [1.54, 1.807) is 0 Å². The van der Waals surface area contributed by atoms with Gasteiger partial charge in [0.2, 0.25) is 0 Å². The molecule has 1 fully saturated rings. The summed E-state index contributed by atoms with van der Waals surface area (Å²) in [5.41, 5.74) is 2.16. The average Bonchev–Trinajstić information content (AvgIpc) is 2.72. The zero-order valence-electron chi connectivity index (χ0n) is 7.25. The van der Waals surface area contributed by atoms with Gasteiger partial charge in [0.1, 0.15) is 0 Å². The van der Waals surface area contributed by atoms with Crippen LogP contribution in [0.25, 0.3) is 0 Å². The molecule has 0 aliphatic heterocycles. The molecule has 0 spiro atoms. The van der Waals surface area contributed by atoms with E-state index in [1.165, 1.54) is 12.0 Å². The Hall–Kier alpha value is -1.04. The number of hydrogen-bond donors (Lipinski definition) is 0. The lowest BCUT2D eigenvalue weighted by Gasteiger charge is -2.20. The number of allylic oxidation sites excluding steroid dienone is 8. The van der Waals surface area contributed by atoms with E-state index in [-0.39, 0.29) is 0 Å². The highest BCUT2D eigenvalue weighted by atomic mass is 14.6. The van der Waals surface area contributed by atoms with Crippen molar-refractivity contribution in [3.63, 3.8) is 0 Å². The summed E-state index contributed by atoms with van der Waals surface area (Å²) in [6.45, 7) is 2.18. The third kappa shape index (κ3) is 0.556. The topological polar surface area (TPSA) is 0 Å². The van der Waals surface area contributed by atoms with Crippen LogP contribution in [0.2, 0.25) is 0 Å². The summed E-state index contributed by atoms with van der Waals surface area (Å²) < 4.78 is 0. The zero-order valence-corrected chi connectivity index (χ0v) is 7.25. The van der Waals surface area contributed by atoms with Gasteiger partial charge in [-0.15, -0.1) is 0 Å². The van der Waals surface area contributed by atoms with Crippen LogP contribution < -0.4 is 0 Å². The Bertz CT molecular complexity index is 354. The van der Waals surface area contributed by atoms with Gasteiger partial charge in [-0.25, -0.2) is 0 Å². The molecule has 3 aliphatic rings. The van der Waals surface area contributed by atoms with Gasteiger partial charge in [-0.3, -0.25) is 0 Å². The third-order valence-corrected chi connectivity index (χ3v) is 3.35. The lowest BCUT2D eigenvalue weighted by Crippen LogP contribution is -2.10. The van der Waals surface area contributed by atoms with Crippen LogP contribution >= 0.6 is 0 Å². The van der Waals surface area contributed by atoms with Gasteiger partial charge in [0.05, 0.1) is 0 Å². The predicted molar refractivity (Wildman–Crippen MR) is 50.7 cm³/mol. The second kappa shape index (κ2) is 1.66. The summed E-state index contributed by atoms with van der Waals surface area (Å²) >= 11 is 0. The Morgan fingerprint density at radius 2 is 1.83 bits per heavy atom. The number of hydrogen-bond acceptors (Lipinski definition) is 0. The maximum Gasteiger partial charge on any atom is 0.0208 e. The molecule has 3 rings (SSSR count). The van der Waals surface area contributed by atoms with Gasteiger partial charge in [0, 0.05) is 10.8 Å². The largest absolute Gasteiger partial charge is 0.0733 e. The summed E-state index contributed by atoms with van der Waals surface area (Å²) in [5.74, 6) is 0. The average molecular weight is 156 g/mol. The van der Waals surface area contributed by atoms with E-state index in [9.17, 15) is 0 Å². The Morgan fingerprint density at radius 1 is 1.08 bits per heavy atom. The zero-order chi connectivity index (χ0) is 8.23. The van der Waals surface area contributed by atoms with Gasteiger partial charge < -0.3 is 0 Å². The summed E-state index contributed by atoms with van der Waals surface area (Å²) in [6.07, 6.45) is 17.3. The Labute approximate surface area is 73.0 Å². The third-order valence-electron chi connectivity index (χ3n) is 3.35. The molecule has 0 aromatic rings. The van der Waals surface area contributed by atoms with Crippen molar-refractivity contribution >= 4 is 0 Å². The van der Waals surface area contributed by atoms with Gasteiger partial charge in [-0.1, -0.05) is 48.1 Å². The van der Waals surface area contributed by atoms with Crippen molar-refractivity contribution in [2.45, 2.75) is 13.3 Å². The molecule has 0 radical (unpaired) electrons. The van der Waals surface area contributed by atoms with Gasteiger partial charge in [0.15, 0.2) is 0 Å². The molecule has 2 atom stereocenters. The summed E-state index contributed by atoms with van der Waals surface area (Å²) in [5, 5.41) is 0. The van der Waals surface area contributed by atoms with E-state index in [0.29, 0.717) is 10.8 Å². The molecule has 12 heavy (non-hydrogen) atoms. The second-order valence-electron chi connectivity index (χ2n) is 4.20. The van der Waals surface area contributed by atoms with Crippen LogP contribution in [0.1, 0.15) is 13.3 Å². The Balaban J connectivity index is 2.17. The monoisotopic (exact) mass is 156 g/mol. The van der Waals surface area contributed by atoms with Crippen molar-refractivity contribution < 1.29 is 0 Å². The van der Waals surface area contributed by atoms with Crippen LogP contribution in [0.3, 0.4) is 0 Å². The van der Waals surface area contributed by atoms with Crippen LogP contribution in [0.4, 0.5) is 0 Å². The fourth-order valence-electron chi connectivity index (χ4n) is 2.56. The standard InChI is InChI=1S/C12H12/c1-10-4-7-11-5-2-3-6-12(11,8-10)9-11/h2-8H,9H2,1H3. The molecule has 0 amide bonds. The van der Waals surface area contributed by atoms with E-state index in [0.717, 1.165) is 0 Å². The number of rotatable bonds is 0. The molecular weight excluding hydrogens is 144 g/mol. The Kier molecular flexibility index (Phi) is 0.894. The minimum absolute atomic E-state index is 0.376. The first-order valence-electron chi connectivity index (χ1n) is 4.52. The molecule has 2 unspecified atom stereocenters. The van der Waals surface area contributed by atoms with E-state index in [4.69, 9.17) is 0 Å². The van der Waals surface area contributed by atoms with Crippen molar-refractivity contribution in [1.29, 1.82) is 0 Å². The lowest BCUT2D eigenvalue weighted by molar-refractivity contribution is 0.655. The van der Waals surface area contributed by atoms with Gasteiger partial charge in [-0.2, -0.15) is 0 Å². The van der Waals surface area contributed by atoms with E-state index < -0.39 is 0 Å². The van der Waals surface area contributed by atoms with Crippen LogP contribution in [0.15, 0.2) is 48.1 Å². The van der Waals surface area contributed by atoms with Crippen molar-refractivity contribution in [3.8, 4) is 0 Å². The molecule has 0 aromatic carbocycles. The van der Waals surface area contributed by atoms with Crippen LogP contribution in [-0.4, -0.2) is 0 Å².